The molecule has 1 aromatic rings. The minimum atomic E-state index is -1.04. The zero-order valence-corrected chi connectivity index (χ0v) is 17.4. The summed E-state index contributed by atoms with van der Waals surface area (Å²) >= 11 is 0. The molecule has 0 aromatic heterocycles. The van der Waals surface area contributed by atoms with Crippen LogP contribution in [-0.4, -0.2) is 36.5 Å². The fourth-order valence-electron chi connectivity index (χ4n) is 2.20. The van der Waals surface area contributed by atoms with Crippen LogP contribution in [0.1, 0.15) is 57.5 Å². The molecule has 0 aliphatic heterocycles. The summed E-state index contributed by atoms with van der Waals surface area (Å²) < 4.78 is 4.85. The predicted molar refractivity (Wildman–Crippen MR) is 105 cm³/mol. The lowest BCUT2D eigenvalue weighted by molar-refractivity contribution is -0.147. The number of nitrogens with zero attached hydrogens (tertiary/aromatic N) is 1. The van der Waals surface area contributed by atoms with Gasteiger partial charge in [0.1, 0.15) is 12.1 Å². The molecular weight excluding hydrogens is 358 g/mol. The number of rotatable bonds is 7. The largest absolute Gasteiger partial charge is 0.454 e. The van der Waals surface area contributed by atoms with E-state index in [0.29, 0.717) is 5.56 Å². The van der Waals surface area contributed by atoms with Crippen molar-refractivity contribution in [3.05, 3.63) is 35.4 Å². The summed E-state index contributed by atoms with van der Waals surface area (Å²) in [5.74, 6) is -1.83. The quantitative estimate of drug-likeness (QED) is 0.698. The number of hydrogen-bond donors (Lipinski definition) is 2. The zero-order chi connectivity index (χ0) is 21.5. The van der Waals surface area contributed by atoms with Crippen molar-refractivity contribution in [3.8, 4) is 6.07 Å². The average molecular weight is 387 g/mol. The number of esters is 1. The van der Waals surface area contributed by atoms with E-state index in [0.717, 1.165) is 5.56 Å². The number of nitriles is 1. The molecule has 7 heteroatoms. The van der Waals surface area contributed by atoms with Gasteiger partial charge in [0, 0.05) is 5.56 Å². The van der Waals surface area contributed by atoms with Crippen molar-refractivity contribution in [2.24, 2.45) is 5.92 Å². The number of amides is 2. The van der Waals surface area contributed by atoms with Crippen molar-refractivity contribution >= 4 is 17.8 Å². The van der Waals surface area contributed by atoms with Crippen LogP contribution in [0.25, 0.3) is 0 Å². The van der Waals surface area contributed by atoms with Crippen molar-refractivity contribution in [2.75, 3.05) is 13.2 Å². The first kappa shape index (κ1) is 23.2. The SMILES string of the molecule is CC(C)[C@@](C)(C#N)NC(=O)COC(=O)CNC(=O)c1ccc(C(C)(C)C)cc1. The van der Waals surface area contributed by atoms with Crippen LogP contribution in [-0.2, 0) is 19.7 Å². The van der Waals surface area contributed by atoms with Gasteiger partial charge in [-0.2, -0.15) is 5.26 Å². The Morgan fingerprint density at radius 1 is 1.11 bits per heavy atom. The summed E-state index contributed by atoms with van der Waals surface area (Å²) in [6.45, 7) is 10.6. The number of carbonyl (C=O) groups excluding carboxylic acids is 3. The monoisotopic (exact) mass is 387 g/mol. The highest BCUT2D eigenvalue weighted by Gasteiger charge is 2.30. The van der Waals surface area contributed by atoms with E-state index in [-0.39, 0.29) is 17.9 Å². The summed E-state index contributed by atoms with van der Waals surface area (Å²) in [5.41, 5.74) is 0.466. The number of ether oxygens (including phenoxy) is 1. The molecule has 0 spiro atoms. The highest BCUT2D eigenvalue weighted by Crippen LogP contribution is 2.22. The number of benzene rings is 1. The predicted octanol–water partition coefficient (Wildman–Crippen LogP) is 2.31. The summed E-state index contributed by atoms with van der Waals surface area (Å²) in [7, 11) is 0. The van der Waals surface area contributed by atoms with Crippen molar-refractivity contribution < 1.29 is 19.1 Å². The Morgan fingerprint density at radius 2 is 1.68 bits per heavy atom. The van der Waals surface area contributed by atoms with Gasteiger partial charge in [0.05, 0.1) is 6.07 Å². The van der Waals surface area contributed by atoms with Gasteiger partial charge >= 0.3 is 5.97 Å². The van der Waals surface area contributed by atoms with Gasteiger partial charge in [0.15, 0.2) is 6.61 Å². The summed E-state index contributed by atoms with van der Waals surface area (Å²) in [6, 6.07) is 9.18. The second-order valence-corrected chi connectivity index (χ2v) is 8.19. The molecule has 0 bridgehead atoms. The second kappa shape index (κ2) is 9.36. The van der Waals surface area contributed by atoms with Gasteiger partial charge in [0.25, 0.3) is 11.8 Å². The van der Waals surface area contributed by atoms with Crippen molar-refractivity contribution in [1.82, 2.24) is 10.6 Å². The molecule has 152 valence electrons. The molecule has 1 atom stereocenters. The molecule has 0 fully saturated rings. The molecule has 0 aliphatic carbocycles. The lowest BCUT2D eigenvalue weighted by Gasteiger charge is -2.27. The van der Waals surface area contributed by atoms with E-state index in [4.69, 9.17) is 4.74 Å². The van der Waals surface area contributed by atoms with Crippen LogP contribution < -0.4 is 10.6 Å². The van der Waals surface area contributed by atoms with E-state index >= 15 is 0 Å². The van der Waals surface area contributed by atoms with Gasteiger partial charge in [-0.1, -0.05) is 46.8 Å². The Bertz CT molecular complexity index is 757. The fraction of sp³-hybridized carbons (Fsp3) is 0.524. The van der Waals surface area contributed by atoms with Gasteiger partial charge in [-0.25, -0.2) is 0 Å². The summed E-state index contributed by atoms with van der Waals surface area (Å²) in [5, 5.41) is 14.2. The molecule has 0 aliphatic rings. The first-order chi connectivity index (χ1) is 12.9. The van der Waals surface area contributed by atoms with E-state index in [1.165, 1.54) is 0 Å². The summed E-state index contributed by atoms with van der Waals surface area (Å²) in [6.07, 6.45) is 0. The van der Waals surface area contributed by atoms with Gasteiger partial charge < -0.3 is 15.4 Å². The smallest absolute Gasteiger partial charge is 0.325 e. The Hall–Kier alpha value is -2.88. The van der Waals surface area contributed by atoms with Crippen molar-refractivity contribution in [1.29, 1.82) is 5.26 Å². The molecule has 2 N–H and O–H groups in total. The Labute approximate surface area is 166 Å². The van der Waals surface area contributed by atoms with E-state index < -0.39 is 29.9 Å². The van der Waals surface area contributed by atoms with E-state index in [1.807, 2.05) is 18.2 Å². The van der Waals surface area contributed by atoms with Crippen LogP contribution >= 0.6 is 0 Å². The molecule has 0 saturated heterocycles. The van der Waals surface area contributed by atoms with Crippen molar-refractivity contribution in [2.45, 2.75) is 52.5 Å². The maximum atomic E-state index is 12.1. The molecule has 2 amide bonds. The Balaban J connectivity index is 2.47. The fourth-order valence-corrected chi connectivity index (χ4v) is 2.20. The number of hydrogen-bond acceptors (Lipinski definition) is 5. The Morgan fingerprint density at radius 3 is 2.14 bits per heavy atom. The lowest BCUT2D eigenvalue weighted by atomic mass is 9.87. The zero-order valence-electron chi connectivity index (χ0n) is 17.4. The molecule has 0 saturated carbocycles. The molecule has 0 heterocycles. The van der Waals surface area contributed by atoms with E-state index in [9.17, 15) is 19.6 Å². The third-order valence-electron chi connectivity index (χ3n) is 4.56. The van der Waals surface area contributed by atoms with Gasteiger partial charge in [0.2, 0.25) is 0 Å². The van der Waals surface area contributed by atoms with Crippen LogP contribution in [0, 0.1) is 17.2 Å². The van der Waals surface area contributed by atoms with E-state index in [1.54, 1.807) is 32.9 Å². The first-order valence-electron chi connectivity index (χ1n) is 9.15. The number of carbonyl (C=O) groups is 3. The highest BCUT2D eigenvalue weighted by molar-refractivity contribution is 5.96. The lowest BCUT2D eigenvalue weighted by Crippen LogP contribution is -2.50. The van der Waals surface area contributed by atoms with Crippen LogP contribution in [0.15, 0.2) is 24.3 Å². The van der Waals surface area contributed by atoms with Crippen LogP contribution in [0.2, 0.25) is 0 Å². The maximum absolute atomic E-state index is 12.1. The molecular formula is C21H29N3O4. The number of nitrogens with one attached hydrogen (secondary N) is 2. The molecule has 28 heavy (non-hydrogen) atoms. The molecule has 0 unspecified atom stereocenters. The van der Waals surface area contributed by atoms with Gasteiger partial charge in [-0.05, 0) is 36.0 Å². The first-order valence-corrected chi connectivity index (χ1v) is 9.15. The topological polar surface area (TPSA) is 108 Å². The highest BCUT2D eigenvalue weighted by atomic mass is 16.5. The third kappa shape index (κ3) is 6.69. The minimum Gasteiger partial charge on any atom is -0.454 e. The summed E-state index contributed by atoms with van der Waals surface area (Å²) in [4.78, 5) is 35.7. The van der Waals surface area contributed by atoms with Crippen molar-refractivity contribution in [3.63, 3.8) is 0 Å². The second-order valence-electron chi connectivity index (χ2n) is 8.19. The normalized spacial score (nSPS) is 13.2. The molecule has 1 aromatic carbocycles. The molecule has 7 nitrogen and oxygen atoms in total. The van der Waals surface area contributed by atoms with E-state index in [2.05, 4.69) is 31.4 Å². The molecule has 0 radical (unpaired) electrons. The Kier molecular flexibility index (Phi) is 7.74. The standard InChI is InChI=1S/C21H29N3O4/c1-14(2)21(6,13-22)24-17(25)12-28-18(26)11-23-19(27)15-7-9-16(10-8-15)20(3,4)5/h7-10,14H,11-12H2,1-6H3,(H,23,27)(H,24,25)/t21-/m1/s1. The molecule has 1 rings (SSSR count). The van der Waals surface area contributed by atoms with Crippen LogP contribution in [0.5, 0.6) is 0 Å². The van der Waals surface area contributed by atoms with Gasteiger partial charge in [-0.15, -0.1) is 0 Å². The van der Waals surface area contributed by atoms with Crippen LogP contribution in [0.4, 0.5) is 0 Å². The van der Waals surface area contributed by atoms with Crippen LogP contribution in [0.3, 0.4) is 0 Å². The third-order valence-corrected chi connectivity index (χ3v) is 4.56. The average Bonchev–Trinajstić information content (AvgIpc) is 2.63. The maximum Gasteiger partial charge on any atom is 0.325 e. The van der Waals surface area contributed by atoms with Gasteiger partial charge in [-0.3, -0.25) is 14.4 Å². The minimum absolute atomic E-state index is 0.0173.